The molecule has 0 aliphatic rings. The molecule has 3 heteroatoms. The van der Waals surface area contributed by atoms with E-state index >= 15 is 0 Å². The fourth-order valence-corrected chi connectivity index (χ4v) is 2.11. The van der Waals surface area contributed by atoms with Crippen LogP contribution in [0.4, 0.5) is 0 Å². The zero-order valence-electron chi connectivity index (χ0n) is 11.0. The molecule has 0 aliphatic carbocycles. The summed E-state index contributed by atoms with van der Waals surface area (Å²) in [5.41, 5.74) is 2.05. The molecule has 0 spiro atoms. The third-order valence-electron chi connectivity index (χ3n) is 3.12. The highest BCUT2D eigenvalue weighted by Crippen LogP contribution is 2.27. The van der Waals surface area contributed by atoms with Crippen LogP contribution in [0.5, 0.6) is 5.75 Å². The van der Waals surface area contributed by atoms with E-state index in [0.717, 1.165) is 16.9 Å². The van der Waals surface area contributed by atoms with Gasteiger partial charge in [-0.1, -0.05) is 17.7 Å². The normalized spacial score (nSPS) is 14.4. The number of hydrogen-bond acceptors (Lipinski definition) is 3. The van der Waals surface area contributed by atoms with Crippen LogP contribution in [0.3, 0.4) is 0 Å². The van der Waals surface area contributed by atoms with Gasteiger partial charge >= 0.3 is 0 Å². The van der Waals surface area contributed by atoms with Crippen LogP contribution in [0.25, 0.3) is 0 Å². The van der Waals surface area contributed by atoms with E-state index in [0.29, 0.717) is 5.75 Å². The fraction of sp³-hybridized carbons (Fsp3) is 0.333. The summed E-state index contributed by atoms with van der Waals surface area (Å²) in [7, 11) is 0. The van der Waals surface area contributed by atoms with Gasteiger partial charge in [-0.3, -0.25) is 0 Å². The number of phenolic OH excluding ortho intramolecular Hbond substituents is 1. The number of aryl methyl sites for hydroxylation is 1. The summed E-state index contributed by atoms with van der Waals surface area (Å²) in [6.45, 7) is 6.10. The average molecular weight is 245 g/mol. The Morgan fingerprint density at radius 1 is 1.17 bits per heavy atom. The molecule has 2 atom stereocenters. The lowest BCUT2D eigenvalue weighted by Gasteiger charge is -2.20. The first-order valence-corrected chi connectivity index (χ1v) is 6.17. The second kappa shape index (κ2) is 5.27. The summed E-state index contributed by atoms with van der Waals surface area (Å²) in [4.78, 5) is 0. The Labute approximate surface area is 107 Å². The molecular formula is C15H19NO2. The van der Waals surface area contributed by atoms with Crippen molar-refractivity contribution in [3.63, 3.8) is 0 Å². The Balaban J connectivity index is 2.12. The van der Waals surface area contributed by atoms with Crippen LogP contribution in [-0.2, 0) is 0 Å². The third kappa shape index (κ3) is 2.74. The third-order valence-corrected chi connectivity index (χ3v) is 3.12. The first-order chi connectivity index (χ1) is 8.58. The Kier molecular flexibility index (Phi) is 3.72. The predicted octanol–water partition coefficient (Wildman–Crippen LogP) is 3.71. The van der Waals surface area contributed by atoms with Gasteiger partial charge in [0.05, 0.1) is 12.3 Å². The molecule has 1 heterocycles. The summed E-state index contributed by atoms with van der Waals surface area (Å²) in [5.74, 6) is 1.22. The van der Waals surface area contributed by atoms with Gasteiger partial charge in [-0.05, 0) is 39.0 Å². The van der Waals surface area contributed by atoms with Gasteiger partial charge in [0.15, 0.2) is 0 Å². The van der Waals surface area contributed by atoms with Crippen LogP contribution >= 0.6 is 0 Å². The molecule has 18 heavy (non-hydrogen) atoms. The maximum Gasteiger partial charge on any atom is 0.120 e. The smallest absolute Gasteiger partial charge is 0.120 e. The Bertz CT molecular complexity index is 505. The van der Waals surface area contributed by atoms with E-state index in [1.165, 1.54) is 0 Å². The van der Waals surface area contributed by atoms with Crippen molar-refractivity contribution in [2.45, 2.75) is 32.9 Å². The van der Waals surface area contributed by atoms with Gasteiger partial charge in [-0.25, -0.2) is 0 Å². The molecule has 1 aromatic carbocycles. The minimum absolute atomic E-state index is 0.0602. The second-order valence-electron chi connectivity index (χ2n) is 4.69. The van der Waals surface area contributed by atoms with E-state index in [2.05, 4.69) is 5.32 Å². The molecule has 1 aromatic heterocycles. The van der Waals surface area contributed by atoms with Crippen molar-refractivity contribution in [2.75, 3.05) is 0 Å². The number of phenols is 1. The van der Waals surface area contributed by atoms with Gasteiger partial charge in [-0.15, -0.1) is 0 Å². The van der Waals surface area contributed by atoms with Crippen molar-refractivity contribution in [1.82, 2.24) is 5.32 Å². The molecule has 2 rings (SSSR count). The number of nitrogens with one attached hydrogen (secondary N) is 1. The zero-order chi connectivity index (χ0) is 13.1. The lowest BCUT2D eigenvalue weighted by Crippen LogP contribution is -2.22. The molecule has 0 amide bonds. The summed E-state index contributed by atoms with van der Waals surface area (Å²) >= 11 is 0. The molecule has 1 unspecified atom stereocenters. The predicted molar refractivity (Wildman–Crippen MR) is 71.5 cm³/mol. The van der Waals surface area contributed by atoms with E-state index < -0.39 is 0 Å². The van der Waals surface area contributed by atoms with Crippen LogP contribution in [0.1, 0.15) is 42.8 Å². The fourth-order valence-electron chi connectivity index (χ4n) is 2.11. The van der Waals surface area contributed by atoms with Crippen LogP contribution in [-0.4, -0.2) is 5.11 Å². The number of furan rings is 1. The van der Waals surface area contributed by atoms with Gasteiger partial charge in [0, 0.05) is 11.6 Å². The first kappa shape index (κ1) is 12.7. The lowest BCUT2D eigenvalue weighted by atomic mass is 10.0. The Morgan fingerprint density at radius 2 is 1.94 bits per heavy atom. The lowest BCUT2D eigenvalue weighted by molar-refractivity contribution is 0.392. The maximum atomic E-state index is 9.89. The quantitative estimate of drug-likeness (QED) is 0.863. The van der Waals surface area contributed by atoms with Crippen LogP contribution in [0.15, 0.2) is 41.0 Å². The van der Waals surface area contributed by atoms with Crippen molar-refractivity contribution in [1.29, 1.82) is 0 Å². The summed E-state index contributed by atoms with van der Waals surface area (Å²) < 4.78 is 5.36. The topological polar surface area (TPSA) is 45.4 Å². The van der Waals surface area contributed by atoms with Crippen molar-refractivity contribution in [3.05, 3.63) is 53.5 Å². The van der Waals surface area contributed by atoms with Crippen molar-refractivity contribution in [3.8, 4) is 5.75 Å². The van der Waals surface area contributed by atoms with Crippen molar-refractivity contribution in [2.24, 2.45) is 0 Å². The minimum Gasteiger partial charge on any atom is -0.508 e. The van der Waals surface area contributed by atoms with Crippen LogP contribution in [0.2, 0.25) is 0 Å². The van der Waals surface area contributed by atoms with Gasteiger partial charge in [0.1, 0.15) is 11.5 Å². The molecular weight excluding hydrogens is 226 g/mol. The Hall–Kier alpha value is -1.74. The standard InChI is InChI=1S/C15H19NO2/c1-10-6-7-14(17)13(9-10)11(2)16-12(3)15-5-4-8-18-15/h4-9,11-12,16-17H,1-3H3/t11?,12-/m1/s1. The monoisotopic (exact) mass is 245 g/mol. The maximum absolute atomic E-state index is 9.89. The second-order valence-corrected chi connectivity index (χ2v) is 4.69. The first-order valence-electron chi connectivity index (χ1n) is 6.17. The van der Waals surface area contributed by atoms with Gasteiger partial charge < -0.3 is 14.8 Å². The number of benzene rings is 1. The molecule has 0 bridgehead atoms. The Morgan fingerprint density at radius 3 is 2.61 bits per heavy atom. The molecule has 2 N–H and O–H groups in total. The van der Waals surface area contributed by atoms with E-state index in [1.54, 1.807) is 12.3 Å². The van der Waals surface area contributed by atoms with E-state index in [4.69, 9.17) is 4.42 Å². The highest BCUT2D eigenvalue weighted by molar-refractivity contribution is 5.37. The SMILES string of the molecule is Cc1ccc(O)c(C(C)N[C@H](C)c2ccco2)c1. The number of rotatable bonds is 4. The van der Waals surface area contributed by atoms with Crippen molar-refractivity contribution >= 4 is 0 Å². The summed E-state index contributed by atoms with van der Waals surface area (Å²) in [6, 6.07) is 9.63. The molecule has 0 radical (unpaired) electrons. The molecule has 0 fully saturated rings. The molecule has 96 valence electrons. The molecule has 0 saturated carbocycles. The van der Waals surface area contributed by atoms with Crippen LogP contribution in [0, 0.1) is 6.92 Å². The largest absolute Gasteiger partial charge is 0.508 e. The average Bonchev–Trinajstić information content (AvgIpc) is 2.85. The van der Waals surface area contributed by atoms with Crippen molar-refractivity contribution < 1.29 is 9.52 Å². The van der Waals surface area contributed by atoms with E-state index in [1.807, 2.05) is 45.0 Å². The minimum atomic E-state index is 0.0602. The highest BCUT2D eigenvalue weighted by Gasteiger charge is 2.15. The molecule has 2 aromatic rings. The molecule has 0 saturated heterocycles. The van der Waals surface area contributed by atoms with Crippen LogP contribution < -0.4 is 5.32 Å². The molecule has 0 aliphatic heterocycles. The van der Waals surface area contributed by atoms with Gasteiger partial charge in [0.25, 0.3) is 0 Å². The van der Waals surface area contributed by atoms with E-state index in [-0.39, 0.29) is 12.1 Å². The summed E-state index contributed by atoms with van der Waals surface area (Å²) in [6.07, 6.45) is 1.67. The summed E-state index contributed by atoms with van der Waals surface area (Å²) in [5, 5.41) is 13.3. The van der Waals surface area contributed by atoms with Gasteiger partial charge in [-0.2, -0.15) is 0 Å². The zero-order valence-corrected chi connectivity index (χ0v) is 11.0. The van der Waals surface area contributed by atoms with Gasteiger partial charge in [0.2, 0.25) is 0 Å². The highest BCUT2D eigenvalue weighted by atomic mass is 16.3. The van der Waals surface area contributed by atoms with E-state index in [9.17, 15) is 5.11 Å². The number of aromatic hydroxyl groups is 1. The number of hydrogen-bond donors (Lipinski definition) is 2. The molecule has 3 nitrogen and oxygen atoms in total.